The lowest BCUT2D eigenvalue weighted by Crippen LogP contribution is -2.31. The van der Waals surface area contributed by atoms with Gasteiger partial charge in [-0.1, -0.05) is 26.0 Å². The molecule has 19 heavy (non-hydrogen) atoms. The fourth-order valence-electron chi connectivity index (χ4n) is 2.42. The predicted octanol–water partition coefficient (Wildman–Crippen LogP) is 2.48. The van der Waals surface area contributed by atoms with E-state index >= 15 is 0 Å². The van der Waals surface area contributed by atoms with Crippen LogP contribution in [0.3, 0.4) is 0 Å². The van der Waals surface area contributed by atoms with Gasteiger partial charge in [0.25, 0.3) is 5.56 Å². The minimum Gasteiger partial charge on any atom is -0.308 e. The fourth-order valence-corrected chi connectivity index (χ4v) is 2.42. The van der Waals surface area contributed by atoms with Gasteiger partial charge in [-0.2, -0.15) is 0 Å². The van der Waals surface area contributed by atoms with Crippen LogP contribution >= 0.6 is 0 Å². The second-order valence-corrected chi connectivity index (χ2v) is 4.56. The highest BCUT2D eigenvalue weighted by atomic mass is 16.1. The fraction of sp³-hybridized carbons (Fsp3) is 0.467. The summed E-state index contributed by atoms with van der Waals surface area (Å²) >= 11 is 0. The molecule has 4 heteroatoms. The molecule has 0 amide bonds. The lowest BCUT2D eigenvalue weighted by molar-refractivity contribution is 0.475. The van der Waals surface area contributed by atoms with E-state index in [1.165, 1.54) is 0 Å². The SMILES string of the molecule is CCN[C@@H](CC)c1nc2ccccc2c(=O)n1CC. The largest absolute Gasteiger partial charge is 0.308 e. The zero-order valence-electron chi connectivity index (χ0n) is 11.8. The molecular formula is C15H21N3O. The lowest BCUT2D eigenvalue weighted by Gasteiger charge is -2.20. The summed E-state index contributed by atoms with van der Waals surface area (Å²) in [4.78, 5) is 17.2. The number of benzene rings is 1. The van der Waals surface area contributed by atoms with Crippen LogP contribution in [-0.4, -0.2) is 16.1 Å². The smallest absolute Gasteiger partial charge is 0.261 e. The van der Waals surface area contributed by atoms with Crippen molar-refractivity contribution in [3.8, 4) is 0 Å². The van der Waals surface area contributed by atoms with Gasteiger partial charge in [-0.25, -0.2) is 4.98 Å². The number of para-hydroxylation sites is 1. The molecule has 0 radical (unpaired) electrons. The average molecular weight is 259 g/mol. The van der Waals surface area contributed by atoms with Crippen molar-refractivity contribution >= 4 is 10.9 Å². The van der Waals surface area contributed by atoms with Gasteiger partial charge in [0, 0.05) is 6.54 Å². The van der Waals surface area contributed by atoms with Crippen LogP contribution in [-0.2, 0) is 6.54 Å². The average Bonchev–Trinajstić information content (AvgIpc) is 2.45. The van der Waals surface area contributed by atoms with Crippen molar-refractivity contribution in [1.82, 2.24) is 14.9 Å². The second kappa shape index (κ2) is 5.97. The van der Waals surface area contributed by atoms with Crippen molar-refractivity contribution < 1.29 is 0 Å². The van der Waals surface area contributed by atoms with Crippen molar-refractivity contribution in [2.75, 3.05) is 6.54 Å². The first-order valence-corrected chi connectivity index (χ1v) is 6.95. The summed E-state index contributed by atoms with van der Waals surface area (Å²) in [5.41, 5.74) is 0.836. The van der Waals surface area contributed by atoms with Gasteiger partial charge in [0.1, 0.15) is 5.82 Å². The first kappa shape index (κ1) is 13.7. The quantitative estimate of drug-likeness (QED) is 0.897. The Morgan fingerprint density at radius 2 is 2.00 bits per heavy atom. The van der Waals surface area contributed by atoms with Crippen LogP contribution in [0, 0.1) is 0 Å². The van der Waals surface area contributed by atoms with Gasteiger partial charge in [0.05, 0.1) is 16.9 Å². The van der Waals surface area contributed by atoms with Gasteiger partial charge in [-0.15, -0.1) is 0 Å². The topological polar surface area (TPSA) is 46.9 Å². The zero-order valence-corrected chi connectivity index (χ0v) is 11.8. The zero-order chi connectivity index (χ0) is 13.8. The number of nitrogens with zero attached hydrogens (tertiary/aromatic N) is 2. The molecule has 2 rings (SSSR count). The number of rotatable bonds is 5. The monoisotopic (exact) mass is 259 g/mol. The molecule has 2 aromatic rings. The summed E-state index contributed by atoms with van der Waals surface area (Å²) in [5.74, 6) is 0.843. The maximum absolute atomic E-state index is 12.5. The summed E-state index contributed by atoms with van der Waals surface area (Å²) in [5, 5.41) is 4.09. The Morgan fingerprint density at radius 3 is 2.63 bits per heavy atom. The molecule has 4 nitrogen and oxygen atoms in total. The third-order valence-electron chi connectivity index (χ3n) is 3.38. The van der Waals surface area contributed by atoms with Crippen LogP contribution in [0.25, 0.3) is 10.9 Å². The van der Waals surface area contributed by atoms with Gasteiger partial charge in [-0.05, 0) is 32.0 Å². The van der Waals surface area contributed by atoms with Crippen molar-refractivity contribution in [1.29, 1.82) is 0 Å². The molecule has 1 aromatic heterocycles. The van der Waals surface area contributed by atoms with Crippen LogP contribution in [0.5, 0.6) is 0 Å². The minimum atomic E-state index is 0.0550. The molecule has 0 aliphatic heterocycles. The molecule has 1 heterocycles. The highest BCUT2D eigenvalue weighted by Crippen LogP contribution is 2.16. The summed E-state index contributed by atoms with van der Waals surface area (Å²) < 4.78 is 1.78. The van der Waals surface area contributed by atoms with E-state index in [1.54, 1.807) is 4.57 Å². The van der Waals surface area contributed by atoms with Crippen LogP contribution < -0.4 is 10.9 Å². The Labute approximate surface area is 113 Å². The predicted molar refractivity (Wildman–Crippen MR) is 78.4 cm³/mol. The molecule has 0 saturated carbocycles. The third-order valence-corrected chi connectivity index (χ3v) is 3.38. The van der Waals surface area contributed by atoms with Crippen LogP contribution in [0.4, 0.5) is 0 Å². The Balaban J connectivity index is 2.68. The Hall–Kier alpha value is -1.68. The van der Waals surface area contributed by atoms with Gasteiger partial charge < -0.3 is 5.32 Å². The maximum Gasteiger partial charge on any atom is 0.261 e. The summed E-state index contributed by atoms with van der Waals surface area (Å²) in [6.07, 6.45) is 0.915. The van der Waals surface area contributed by atoms with E-state index in [1.807, 2.05) is 31.2 Å². The summed E-state index contributed by atoms with van der Waals surface area (Å²) in [6.45, 7) is 7.67. The van der Waals surface area contributed by atoms with Crippen molar-refractivity contribution in [2.45, 2.75) is 39.8 Å². The van der Waals surface area contributed by atoms with E-state index < -0.39 is 0 Å². The van der Waals surface area contributed by atoms with Crippen LogP contribution in [0.1, 0.15) is 39.1 Å². The molecule has 0 aliphatic carbocycles. The highest BCUT2D eigenvalue weighted by molar-refractivity contribution is 5.77. The minimum absolute atomic E-state index is 0.0550. The molecule has 1 atom stereocenters. The molecular weight excluding hydrogens is 238 g/mol. The molecule has 0 saturated heterocycles. The number of hydrogen-bond acceptors (Lipinski definition) is 3. The molecule has 102 valence electrons. The van der Waals surface area contributed by atoms with Crippen LogP contribution in [0.2, 0.25) is 0 Å². The van der Waals surface area contributed by atoms with E-state index in [0.29, 0.717) is 11.9 Å². The van der Waals surface area contributed by atoms with Gasteiger partial charge in [0.15, 0.2) is 0 Å². The molecule has 0 fully saturated rings. The number of aromatic nitrogens is 2. The van der Waals surface area contributed by atoms with Gasteiger partial charge in [0.2, 0.25) is 0 Å². The number of nitrogens with one attached hydrogen (secondary N) is 1. The normalized spacial score (nSPS) is 12.8. The van der Waals surface area contributed by atoms with Crippen molar-refractivity contribution in [3.63, 3.8) is 0 Å². The highest BCUT2D eigenvalue weighted by Gasteiger charge is 2.16. The molecule has 0 unspecified atom stereocenters. The van der Waals surface area contributed by atoms with Crippen molar-refractivity contribution in [3.05, 3.63) is 40.4 Å². The first-order chi connectivity index (χ1) is 9.22. The molecule has 0 spiro atoms. The van der Waals surface area contributed by atoms with E-state index in [4.69, 9.17) is 4.98 Å². The van der Waals surface area contributed by atoms with Crippen molar-refractivity contribution in [2.24, 2.45) is 0 Å². The molecule has 1 N–H and O–H groups in total. The Morgan fingerprint density at radius 1 is 1.26 bits per heavy atom. The number of fused-ring (bicyclic) bond motifs is 1. The lowest BCUT2D eigenvalue weighted by atomic mass is 10.1. The Kier molecular flexibility index (Phi) is 4.32. The van der Waals surface area contributed by atoms with E-state index in [-0.39, 0.29) is 11.6 Å². The summed E-state index contributed by atoms with van der Waals surface area (Å²) in [7, 11) is 0. The standard InChI is InChI=1S/C15H21N3O/c1-4-12(16-5-2)14-17-13-10-8-7-9-11(13)15(19)18(14)6-3/h7-10,12,16H,4-6H2,1-3H3/t12-/m0/s1. The van der Waals surface area contributed by atoms with E-state index in [2.05, 4.69) is 19.2 Å². The molecule has 0 bridgehead atoms. The molecule has 0 aliphatic rings. The first-order valence-electron chi connectivity index (χ1n) is 6.95. The Bertz CT molecular complexity index is 618. The summed E-state index contributed by atoms with van der Waals surface area (Å²) in [6, 6.07) is 7.67. The molecule has 1 aromatic carbocycles. The third kappa shape index (κ3) is 2.54. The maximum atomic E-state index is 12.5. The van der Waals surface area contributed by atoms with E-state index in [0.717, 1.165) is 24.3 Å². The van der Waals surface area contributed by atoms with Gasteiger partial charge >= 0.3 is 0 Å². The van der Waals surface area contributed by atoms with Crippen LogP contribution in [0.15, 0.2) is 29.1 Å². The van der Waals surface area contributed by atoms with Gasteiger partial charge in [-0.3, -0.25) is 9.36 Å². The van der Waals surface area contributed by atoms with E-state index in [9.17, 15) is 4.79 Å². The second-order valence-electron chi connectivity index (χ2n) is 4.56. The number of hydrogen-bond donors (Lipinski definition) is 1.